The van der Waals surface area contributed by atoms with Gasteiger partial charge in [-0.25, -0.2) is 9.18 Å². The Morgan fingerprint density at radius 1 is 1.03 bits per heavy atom. The lowest BCUT2D eigenvalue weighted by molar-refractivity contribution is 0.168. The molecule has 2 aromatic carbocycles. The van der Waals surface area contributed by atoms with E-state index in [-0.39, 0.29) is 24.3 Å². The maximum Gasteiger partial charge on any atom is 0.324 e. The van der Waals surface area contributed by atoms with Crippen LogP contribution in [0.5, 0.6) is 17.2 Å². The molecule has 1 unspecified atom stereocenters. The van der Waals surface area contributed by atoms with E-state index in [1.165, 1.54) is 12.1 Å². The summed E-state index contributed by atoms with van der Waals surface area (Å²) in [4.78, 5) is 17.2. The van der Waals surface area contributed by atoms with Crippen molar-refractivity contribution in [2.75, 3.05) is 38.8 Å². The molecule has 4 rings (SSSR count). The van der Waals surface area contributed by atoms with Crippen LogP contribution in [0.3, 0.4) is 0 Å². The lowest BCUT2D eigenvalue weighted by Gasteiger charge is -2.40. The number of hydrogen-bond donors (Lipinski definition) is 0. The van der Waals surface area contributed by atoms with Gasteiger partial charge in [0.1, 0.15) is 11.6 Å². The first-order valence-corrected chi connectivity index (χ1v) is 12.7. The highest BCUT2D eigenvalue weighted by atomic mass is 19.1. The van der Waals surface area contributed by atoms with Gasteiger partial charge in [-0.15, -0.1) is 0 Å². The minimum absolute atomic E-state index is 0.0909. The number of anilines is 1. The van der Waals surface area contributed by atoms with Crippen molar-refractivity contribution in [2.24, 2.45) is 5.92 Å². The maximum atomic E-state index is 14.1. The number of amides is 2. The molecule has 0 N–H and O–H groups in total. The normalized spacial score (nSPS) is 15.7. The molecule has 1 aromatic heterocycles. The molecule has 0 bridgehead atoms. The second-order valence-corrected chi connectivity index (χ2v) is 9.21. The van der Waals surface area contributed by atoms with E-state index in [0.29, 0.717) is 49.1 Å². The summed E-state index contributed by atoms with van der Waals surface area (Å²) in [5.74, 6) is 1.50. The highest BCUT2D eigenvalue weighted by Gasteiger charge is 2.34. The third kappa shape index (κ3) is 6.53. The lowest BCUT2D eigenvalue weighted by Crippen LogP contribution is -2.54. The first-order valence-electron chi connectivity index (χ1n) is 12.7. The number of ether oxygens (including phenoxy) is 3. The molecule has 2 amide bonds. The number of carbonyl (C=O) groups excluding carboxylic acids is 1. The molecule has 0 saturated carbocycles. The van der Waals surface area contributed by atoms with Gasteiger partial charge in [-0.3, -0.25) is 9.58 Å². The standard InChI is InChI=1S/C28H35FN4O4/c1-4-5-6-14-37-27-16-24(9-11-26(27)36-3)33-19-21(18-32-13-7-12-30-32)17-31(28(33)34)20-22-15-23(29)8-10-25(22)35-2/h7-13,15-16,21H,4-6,14,17-20H2,1-3H3. The van der Waals surface area contributed by atoms with Crippen molar-refractivity contribution < 1.29 is 23.4 Å². The molecule has 1 saturated heterocycles. The van der Waals surface area contributed by atoms with E-state index >= 15 is 0 Å². The van der Waals surface area contributed by atoms with E-state index in [1.54, 1.807) is 36.3 Å². The fraction of sp³-hybridized carbons (Fsp3) is 0.429. The van der Waals surface area contributed by atoms with Crippen molar-refractivity contribution >= 4 is 11.7 Å². The van der Waals surface area contributed by atoms with Crippen LogP contribution in [0, 0.1) is 11.7 Å². The van der Waals surface area contributed by atoms with Crippen molar-refractivity contribution in [1.82, 2.24) is 14.7 Å². The molecule has 0 aliphatic carbocycles. The highest BCUT2D eigenvalue weighted by molar-refractivity contribution is 5.93. The molecular formula is C28H35FN4O4. The van der Waals surface area contributed by atoms with Gasteiger partial charge in [-0.1, -0.05) is 19.8 Å². The molecular weight excluding hydrogens is 475 g/mol. The Balaban J connectivity index is 1.62. The van der Waals surface area contributed by atoms with Gasteiger partial charge in [0, 0.05) is 55.3 Å². The maximum absolute atomic E-state index is 14.1. The monoisotopic (exact) mass is 510 g/mol. The Hall–Kier alpha value is -3.75. The van der Waals surface area contributed by atoms with E-state index in [2.05, 4.69) is 12.0 Å². The molecule has 9 heteroatoms. The fourth-order valence-corrected chi connectivity index (χ4v) is 4.65. The molecule has 2 heterocycles. The number of aromatic nitrogens is 2. The Kier molecular flexibility index (Phi) is 8.87. The predicted octanol–water partition coefficient (Wildman–Crippen LogP) is 5.37. The van der Waals surface area contributed by atoms with Gasteiger partial charge < -0.3 is 19.1 Å². The number of urea groups is 1. The van der Waals surface area contributed by atoms with Crippen LogP contribution in [-0.2, 0) is 13.1 Å². The first kappa shape index (κ1) is 26.3. The Bertz CT molecular complexity index is 1170. The molecule has 8 nitrogen and oxygen atoms in total. The Labute approximate surface area is 217 Å². The Morgan fingerprint density at radius 2 is 1.84 bits per heavy atom. The summed E-state index contributed by atoms with van der Waals surface area (Å²) in [6.07, 6.45) is 6.79. The second kappa shape index (κ2) is 12.5. The molecule has 1 aliphatic heterocycles. The zero-order valence-corrected chi connectivity index (χ0v) is 21.7. The third-order valence-electron chi connectivity index (χ3n) is 6.49. The first-order chi connectivity index (χ1) is 18.0. The van der Waals surface area contributed by atoms with Crippen molar-refractivity contribution in [3.63, 3.8) is 0 Å². The number of nitrogens with zero attached hydrogens (tertiary/aromatic N) is 4. The van der Waals surface area contributed by atoms with E-state index in [4.69, 9.17) is 14.2 Å². The fourth-order valence-electron chi connectivity index (χ4n) is 4.65. The number of carbonyl (C=O) groups is 1. The van der Waals surface area contributed by atoms with Crippen LogP contribution in [0.1, 0.15) is 31.7 Å². The summed E-state index contributed by atoms with van der Waals surface area (Å²) in [6, 6.07) is 11.6. The van der Waals surface area contributed by atoms with Gasteiger partial charge in [0.05, 0.1) is 27.4 Å². The number of halogens is 1. The predicted molar refractivity (Wildman–Crippen MR) is 140 cm³/mol. The number of methoxy groups -OCH3 is 2. The number of hydrogen-bond acceptors (Lipinski definition) is 5. The summed E-state index contributed by atoms with van der Waals surface area (Å²) in [6.45, 7) is 4.61. The average molecular weight is 511 g/mol. The van der Waals surface area contributed by atoms with Crippen LogP contribution in [-0.4, -0.2) is 54.6 Å². The summed E-state index contributed by atoms with van der Waals surface area (Å²) in [5.41, 5.74) is 1.34. The van der Waals surface area contributed by atoms with E-state index in [1.807, 2.05) is 35.1 Å². The minimum Gasteiger partial charge on any atom is -0.496 e. The number of rotatable bonds is 12. The van der Waals surface area contributed by atoms with Gasteiger partial charge in [-0.2, -0.15) is 5.10 Å². The highest BCUT2D eigenvalue weighted by Crippen LogP contribution is 2.34. The lowest BCUT2D eigenvalue weighted by atomic mass is 10.0. The van der Waals surface area contributed by atoms with Crippen LogP contribution >= 0.6 is 0 Å². The molecule has 0 spiro atoms. The Morgan fingerprint density at radius 3 is 2.57 bits per heavy atom. The molecule has 3 aromatic rings. The summed E-state index contributed by atoms with van der Waals surface area (Å²) < 4.78 is 32.9. The zero-order valence-electron chi connectivity index (χ0n) is 21.7. The van der Waals surface area contributed by atoms with E-state index < -0.39 is 0 Å². The van der Waals surface area contributed by atoms with Crippen LogP contribution < -0.4 is 19.1 Å². The van der Waals surface area contributed by atoms with Gasteiger partial charge in [0.15, 0.2) is 11.5 Å². The quantitative estimate of drug-likeness (QED) is 0.307. The van der Waals surface area contributed by atoms with Gasteiger partial charge >= 0.3 is 6.03 Å². The van der Waals surface area contributed by atoms with Gasteiger partial charge in [0.25, 0.3) is 0 Å². The third-order valence-corrected chi connectivity index (χ3v) is 6.49. The van der Waals surface area contributed by atoms with Crippen molar-refractivity contribution in [3.05, 3.63) is 66.2 Å². The van der Waals surface area contributed by atoms with Crippen LogP contribution in [0.2, 0.25) is 0 Å². The number of benzene rings is 2. The second-order valence-electron chi connectivity index (χ2n) is 9.21. The van der Waals surface area contributed by atoms with Gasteiger partial charge in [0.2, 0.25) is 0 Å². The summed E-state index contributed by atoms with van der Waals surface area (Å²) in [5, 5.41) is 4.35. The molecule has 1 atom stereocenters. The SMILES string of the molecule is CCCCCOc1cc(N2CC(Cn3cccn3)CN(Cc3cc(F)ccc3OC)C2=O)ccc1OC. The number of unbranched alkanes of at least 4 members (excludes halogenated alkanes) is 2. The van der Waals surface area contributed by atoms with E-state index in [9.17, 15) is 9.18 Å². The molecule has 0 radical (unpaired) electrons. The van der Waals surface area contributed by atoms with Crippen LogP contribution in [0.25, 0.3) is 0 Å². The molecule has 198 valence electrons. The summed E-state index contributed by atoms with van der Waals surface area (Å²) in [7, 11) is 3.15. The largest absolute Gasteiger partial charge is 0.496 e. The smallest absolute Gasteiger partial charge is 0.324 e. The molecule has 1 fully saturated rings. The van der Waals surface area contributed by atoms with Crippen molar-refractivity contribution in [3.8, 4) is 17.2 Å². The van der Waals surface area contributed by atoms with E-state index in [0.717, 1.165) is 24.9 Å². The van der Waals surface area contributed by atoms with Crippen LogP contribution in [0.4, 0.5) is 14.9 Å². The molecule has 1 aliphatic rings. The topological polar surface area (TPSA) is 69.1 Å². The minimum atomic E-state index is -0.370. The van der Waals surface area contributed by atoms with Gasteiger partial charge in [-0.05, 0) is 42.8 Å². The molecule has 37 heavy (non-hydrogen) atoms. The summed E-state index contributed by atoms with van der Waals surface area (Å²) >= 11 is 0. The zero-order chi connectivity index (χ0) is 26.2. The van der Waals surface area contributed by atoms with Crippen molar-refractivity contribution in [2.45, 2.75) is 39.3 Å². The van der Waals surface area contributed by atoms with Crippen LogP contribution in [0.15, 0.2) is 54.9 Å². The van der Waals surface area contributed by atoms with Crippen molar-refractivity contribution in [1.29, 1.82) is 0 Å². The average Bonchev–Trinajstić information content (AvgIpc) is 3.41.